The Labute approximate surface area is 111 Å². The first-order valence-electron chi connectivity index (χ1n) is 5.86. The monoisotopic (exact) mass is 269 g/mol. The predicted octanol–water partition coefficient (Wildman–Crippen LogP) is 2.16. The summed E-state index contributed by atoms with van der Waals surface area (Å²) >= 11 is 1.48. The van der Waals surface area contributed by atoms with E-state index in [9.17, 15) is 9.90 Å². The molecule has 0 saturated heterocycles. The van der Waals surface area contributed by atoms with E-state index in [0.29, 0.717) is 5.75 Å². The molecule has 18 heavy (non-hydrogen) atoms. The number of amides is 1. The van der Waals surface area contributed by atoms with Gasteiger partial charge in [0.25, 0.3) is 0 Å². The number of aliphatic hydroxyl groups excluding tert-OH is 1. The molecule has 1 aromatic rings. The molecule has 0 aliphatic carbocycles. The highest BCUT2D eigenvalue weighted by molar-refractivity contribution is 8.01. The van der Waals surface area contributed by atoms with Crippen LogP contribution in [0.3, 0.4) is 0 Å². The Kier molecular flexibility index (Phi) is 6.60. The van der Waals surface area contributed by atoms with E-state index < -0.39 is 6.10 Å². The molecular formula is C13H19NO3S. The summed E-state index contributed by atoms with van der Waals surface area (Å²) in [6.07, 6.45) is 2.58. The van der Waals surface area contributed by atoms with Gasteiger partial charge < -0.3 is 14.8 Å². The molecule has 0 bridgehead atoms. The average molecular weight is 269 g/mol. The molecule has 0 saturated carbocycles. The standard InChI is InChI=1S/C13H19NO3S/c1-10(2)12(15)8-14-13(16)5-7-18-9-11-4-3-6-17-11/h3-7,10,12,15H,8-9H2,1-2H3,(H,14,16)/b7-5+. The van der Waals surface area contributed by atoms with Gasteiger partial charge in [-0.25, -0.2) is 0 Å². The number of furan rings is 1. The molecule has 0 spiro atoms. The summed E-state index contributed by atoms with van der Waals surface area (Å²) in [4.78, 5) is 11.4. The van der Waals surface area contributed by atoms with Gasteiger partial charge in [-0.2, -0.15) is 0 Å². The van der Waals surface area contributed by atoms with Gasteiger partial charge in [0.15, 0.2) is 0 Å². The summed E-state index contributed by atoms with van der Waals surface area (Å²) in [5.74, 6) is 1.52. The molecule has 1 amide bonds. The zero-order valence-corrected chi connectivity index (χ0v) is 11.4. The highest BCUT2D eigenvalue weighted by Gasteiger charge is 2.09. The highest BCUT2D eigenvalue weighted by Crippen LogP contribution is 2.12. The number of thioether (sulfide) groups is 1. The smallest absolute Gasteiger partial charge is 0.244 e. The Balaban J connectivity index is 2.15. The van der Waals surface area contributed by atoms with Crippen molar-refractivity contribution >= 4 is 17.7 Å². The molecule has 0 aromatic carbocycles. The minimum Gasteiger partial charge on any atom is -0.468 e. The normalized spacial score (nSPS) is 13.1. The molecule has 1 heterocycles. The van der Waals surface area contributed by atoms with Crippen LogP contribution in [0, 0.1) is 5.92 Å². The Morgan fingerprint density at radius 2 is 2.39 bits per heavy atom. The molecule has 5 heteroatoms. The molecule has 1 rings (SSSR count). The topological polar surface area (TPSA) is 62.5 Å². The van der Waals surface area contributed by atoms with Crippen molar-refractivity contribution in [2.75, 3.05) is 6.54 Å². The lowest BCUT2D eigenvalue weighted by molar-refractivity contribution is -0.117. The summed E-state index contributed by atoms with van der Waals surface area (Å²) < 4.78 is 5.16. The largest absolute Gasteiger partial charge is 0.468 e. The fraction of sp³-hybridized carbons (Fsp3) is 0.462. The van der Waals surface area contributed by atoms with Crippen molar-refractivity contribution in [3.05, 3.63) is 35.6 Å². The Hall–Kier alpha value is -1.20. The van der Waals surface area contributed by atoms with Crippen LogP contribution in [-0.2, 0) is 10.5 Å². The number of nitrogens with one attached hydrogen (secondary N) is 1. The van der Waals surface area contributed by atoms with Gasteiger partial charge in [0.2, 0.25) is 5.91 Å². The molecule has 0 fully saturated rings. The molecule has 4 nitrogen and oxygen atoms in total. The number of hydrogen-bond acceptors (Lipinski definition) is 4. The maximum Gasteiger partial charge on any atom is 0.244 e. The lowest BCUT2D eigenvalue weighted by Gasteiger charge is -2.13. The van der Waals surface area contributed by atoms with E-state index >= 15 is 0 Å². The maximum absolute atomic E-state index is 11.4. The molecule has 100 valence electrons. The van der Waals surface area contributed by atoms with Crippen LogP contribution in [-0.4, -0.2) is 23.7 Å². The van der Waals surface area contributed by atoms with Gasteiger partial charge in [0.1, 0.15) is 5.76 Å². The Morgan fingerprint density at radius 3 is 3.00 bits per heavy atom. The third-order valence-electron chi connectivity index (χ3n) is 2.38. The van der Waals surface area contributed by atoms with Crippen LogP contribution < -0.4 is 5.32 Å². The van der Waals surface area contributed by atoms with Crippen molar-refractivity contribution in [2.24, 2.45) is 5.92 Å². The fourth-order valence-electron chi connectivity index (χ4n) is 1.13. The first-order valence-corrected chi connectivity index (χ1v) is 6.91. The third-order valence-corrected chi connectivity index (χ3v) is 3.16. The van der Waals surface area contributed by atoms with Crippen LogP contribution >= 0.6 is 11.8 Å². The van der Waals surface area contributed by atoms with E-state index in [0.717, 1.165) is 5.76 Å². The Bertz CT molecular complexity index is 374. The van der Waals surface area contributed by atoms with E-state index in [-0.39, 0.29) is 18.4 Å². The molecule has 1 atom stereocenters. The van der Waals surface area contributed by atoms with E-state index in [1.54, 1.807) is 11.7 Å². The van der Waals surface area contributed by atoms with Crippen LogP contribution in [0.4, 0.5) is 0 Å². The summed E-state index contributed by atoms with van der Waals surface area (Å²) in [6, 6.07) is 3.72. The maximum atomic E-state index is 11.4. The van der Waals surface area contributed by atoms with Crippen LogP contribution in [0.25, 0.3) is 0 Å². The minimum atomic E-state index is -0.502. The van der Waals surface area contributed by atoms with Crippen molar-refractivity contribution in [2.45, 2.75) is 25.7 Å². The number of hydrogen-bond donors (Lipinski definition) is 2. The van der Waals surface area contributed by atoms with Gasteiger partial charge >= 0.3 is 0 Å². The molecule has 1 unspecified atom stereocenters. The van der Waals surface area contributed by atoms with E-state index in [1.165, 1.54) is 17.8 Å². The van der Waals surface area contributed by atoms with Crippen LogP contribution in [0.5, 0.6) is 0 Å². The van der Waals surface area contributed by atoms with Crippen molar-refractivity contribution in [3.63, 3.8) is 0 Å². The number of carbonyl (C=O) groups is 1. The highest BCUT2D eigenvalue weighted by atomic mass is 32.2. The number of carbonyl (C=O) groups excluding carboxylic acids is 1. The zero-order chi connectivity index (χ0) is 13.4. The quantitative estimate of drug-likeness (QED) is 0.745. The van der Waals surface area contributed by atoms with Gasteiger partial charge in [-0.15, -0.1) is 11.8 Å². The Morgan fingerprint density at radius 1 is 1.61 bits per heavy atom. The van der Waals surface area contributed by atoms with Gasteiger partial charge in [0.05, 0.1) is 18.1 Å². The second-order valence-electron chi connectivity index (χ2n) is 4.25. The third kappa shape index (κ3) is 5.93. The molecule has 0 aliphatic heterocycles. The summed E-state index contributed by atoms with van der Waals surface area (Å²) in [5.41, 5.74) is 0. The fourth-order valence-corrected chi connectivity index (χ4v) is 1.78. The summed E-state index contributed by atoms with van der Waals surface area (Å²) in [5, 5.41) is 13.9. The molecule has 0 radical (unpaired) electrons. The van der Waals surface area contributed by atoms with Crippen LogP contribution in [0.15, 0.2) is 34.3 Å². The zero-order valence-electron chi connectivity index (χ0n) is 10.6. The number of aliphatic hydroxyl groups is 1. The molecule has 0 aliphatic rings. The molecule has 1 aromatic heterocycles. The van der Waals surface area contributed by atoms with Crippen molar-refractivity contribution in [3.8, 4) is 0 Å². The van der Waals surface area contributed by atoms with E-state index in [2.05, 4.69) is 5.32 Å². The molecule has 2 N–H and O–H groups in total. The van der Waals surface area contributed by atoms with Crippen LogP contribution in [0.2, 0.25) is 0 Å². The average Bonchev–Trinajstić information content (AvgIpc) is 2.84. The second-order valence-corrected chi connectivity index (χ2v) is 5.14. The lowest BCUT2D eigenvalue weighted by atomic mass is 10.1. The second kappa shape index (κ2) is 8.00. The molecular weight excluding hydrogens is 250 g/mol. The van der Waals surface area contributed by atoms with Crippen LogP contribution in [0.1, 0.15) is 19.6 Å². The minimum absolute atomic E-state index is 0.141. The first-order chi connectivity index (χ1) is 8.59. The van der Waals surface area contributed by atoms with Crippen molar-refractivity contribution < 1.29 is 14.3 Å². The van der Waals surface area contributed by atoms with E-state index in [4.69, 9.17) is 4.42 Å². The summed E-state index contributed by atoms with van der Waals surface area (Å²) in [7, 11) is 0. The summed E-state index contributed by atoms with van der Waals surface area (Å²) in [6.45, 7) is 4.10. The van der Waals surface area contributed by atoms with Crippen molar-refractivity contribution in [1.82, 2.24) is 5.32 Å². The lowest BCUT2D eigenvalue weighted by Crippen LogP contribution is -2.33. The number of rotatable bonds is 7. The predicted molar refractivity (Wildman–Crippen MR) is 73.0 cm³/mol. The van der Waals surface area contributed by atoms with Crippen molar-refractivity contribution in [1.29, 1.82) is 0 Å². The van der Waals surface area contributed by atoms with Gasteiger partial charge in [-0.3, -0.25) is 4.79 Å². The van der Waals surface area contributed by atoms with E-state index in [1.807, 2.05) is 26.0 Å². The van der Waals surface area contributed by atoms with Gasteiger partial charge in [-0.1, -0.05) is 13.8 Å². The van der Waals surface area contributed by atoms with Gasteiger partial charge in [0, 0.05) is 12.6 Å². The van der Waals surface area contributed by atoms with Gasteiger partial charge in [-0.05, 0) is 23.5 Å². The first kappa shape index (κ1) is 14.9. The SMILES string of the molecule is CC(C)C(O)CNC(=O)/C=C/SCc1ccco1.